The Balaban J connectivity index is 1.41. The minimum atomic E-state index is -0.666. The number of fused-ring (bicyclic) bond motifs is 3. The molecule has 1 saturated heterocycles. The molecule has 1 aliphatic heterocycles. The van der Waals surface area contributed by atoms with Crippen LogP contribution in [0.1, 0.15) is 121 Å². The number of rotatable bonds is 8. The Kier molecular flexibility index (Phi) is 9.46. The summed E-state index contributed by atoms with van der Waals surface area (Å²) in [4.78, 5) is 22.3. The monoisotopic (exact) mass is 748 g/mol. The summed E-state index contributed by atoms with van der Waals surface area (Å²) in [7, 11) is 0. The second-order valence-electron chi connectivity index (χ2n) is 20.9. The van der Waals surface area contributed by atoms with Gasteiger partial charge in [-0.2, -0.15) is 5.10 Å². The van der Waals surface area contributed by atoms with Crippen molar-refractivity contribution in [2.45, 2.75) is 132 Å². The molecule has 3 N–H and O–H groups in total. The number of carbonyl (C=O) groups is 1. The molecule has 3 saturated carbocycles. The molecule has 0 radical (unpaired) electrons. The molecule has 2 bridgehead atoms. The minimum absolute atomic E-state index is 0.156. The predicted molar refractivity (Wildman–Crippen MR) is 208 cm³/mol. The highest BCUT2D eigenvalue weighted by Gasteiger charge is 2.73. The molecule has 0 unspecified atom stereocenters. The second-order valence-corrected chi connectivity index (χ2v) is 20.9. The zero-order chi connectivity index (χ0) is 39.4. The van der Waals surface area contributed by atoms with E-state index in [1.54, 1.807) is 12.3 Å². The molecular weight excluding hydrogens is 682 g/mol. The first-order valence-electron chi connectivity index (χ1n) is 20.5. The molecule has 4 aliphatic carbocycles. The molecule has 2 aromatic heterocycles. The van der Waals surface area contributed by atoms with Gasteiger partial charge in [-0.25, -0.2) is 14.1 Å². The fraction of sp³-hybridized carbons (Fsp3) is 0.773. The molecule has 7 rings (SSSR count). The number of nitrogens with zero attached hydrogens (tertiary/aromatic N) is 4. The van der Waals surface area contributed by atoms with E-state index in [4.69, 9.17) is 20.3 Å². The number of nitrogens with two attached hydrogens (primary N) is 1. The van der Waals surface area contributed by atoms with Crippen molar-refractivity contribution < 1.29 is 23.8 Å². The predicted octanol–water partition coefficient (Wildman–Crippen LogP) is 8.76. The Labute approximate surface area is 322 Å². The normalized spacial score (nSPS) is 40.9. The lowest BCUT2D eigenvalue weighted by Crippen LogP contribution is -2.70. The summed E-state index contributed by atoms with van der Waals surface area (Å²) in [5.74, 6) is -0.0697. The minimum Gasteiger partial charge on any atom is -0.481 e. The summed E-state index contributed by atoms with van der Waals surface area (Å²) in [6.07, 6.45) is 11.6. The first-order valence-corrected chi connectivity index (χ1v) is 20.5. The molecule has 3 heterocycles. The Hall–Kier alpha value is -2.69. The van der Waals surface area contributed by atoms with Gasteiger partial charge in [0.05, 0.1) is 49.6 Å². The SMILES string of the molecule is CC(C)[C@@H](C)[C@@]1(C)CC[C@]2(C)[C@H]3CC[C@@H]4[C@@]5(C)COC[C@@]4(C3=CC[C@@]2(C)[C@@H]1C(=O)O)[C@@H](OC[C@](C)(N)C(C)(C)C)[C@H](n1ncnc1-c1ccncc1F)C5. The molecule has 4 fully saturated rings. The number of halogens is 1. The molecule has 12 atom stereocenters. The lowest BCUT2D eigenvalue weighted by atomic mass is 9.34. The van der Waals surface area contributed by atoms with E-state index in [-0.39, 0.29) is 45.5 Å². The van der Waals surface area contributed by atoms with E-state index in [1.807, 2.05) is 4.68 Å². The first-order chi connectivity index (χ1) is 25.1. The van der Waals surface area contributed by atoms with E-state index in [0.29, 0.717) is 43.5 Å². The van der Waals surface area contributed by atoms with Gasteiger partial charge in [-0.15, -0.1) is 0 Å². The number of hydrogen-bond donors (Lipinski definition) is 2. The van der Waals surface area contributed by atoms with E-state index >= 15 is 4.39 Å². The second kappa shape index (κ2) is 12.9. The van der Waals surface area contributed by atoms with Gasteiger partial charge in [-0.1, -0.05) is 80.9 Å². The maximum absolute atomic E-state index is 15.4. The number of allylic oxidation sites excluding steroid dienone is 1. The van der Waals surface area contributed by atoms with Crippen LogP contribution in [-0.4, -0.2) is 62.3 Å². The largest absolute Gasteiger partial charge is 0.481 e. The van der Waals surface area contributed by atoms with Gasteiger partial charge in [0.25, 0.3) is 0 Å². The van der Waals surface area contributed by atoms with Crippen LogP contribution in [0.2, 0.25) is 0 Å². The number of carboxylic acids is 1. The Morgan fingerprint density at radius 3 is 2.48 bits per heavy atom. The van der Waals surface area contributed by atoms with Gasteiger partial charge in [0.1, 0.15) is 6.33 Å². The molecule has 10 heteroatoms. The quantitative estimate of drug-likeness (QED) is 0.257. The van der Waals surface area contributed by atoms with Crippen molar-refractivity contribution in [2.75, 3.05) is 19.8 Å². The molecule has 54 heavy (non-hydrogen) atoms. The third kappa shape index (κ3) is 5.45. The van der Waals surface area contributed by atoms with Gasteiger partial charge < -0.3 is 20.3 Å². The van der Waals surface area contributed by atoms with Crippen molar-refractivity contribution in [3.63, 3.8) is 0 Å². The molecule has 298 valence electrons. The summed E-state index contributed by atoms with van der Waals surface area (Å²) in [5, 5.41) is 16.0. The van der Waals surface area contributed by atoms with Gasteiger partial charge >= 0.3 is 5.97 Å². The number of pyridine rings is 1. The average molecular weight is 748 g/mol. The van der Waals surface area contributed by atoms with Crippen LogP contribution in [0.4, 0.5) is 4.39 Å². The lowest BCUT2D eigenvalue weighted by molar-refractivity contribution is -0.255. The van der Waals surface area contributed by atoms with Crippen LogP contribution in [0.25, 0.3) is 11.4 Å². The summed E-state index contributed by atoms with van der Waals surface area (Å²) in [6.45, 7) is 26.0. The fourth-order valence-corrected chi connectivity index (χ4v) is 12.8. The molecular formula is C44H66FN5O4. The van der Waals surface area contributed by atoms with Crippen molar-refractivity contribution in [3.8, 4) is 11.4 Å². The van der Waals surface area contributed by atoms with Crippen LogP contribution in [-0.2, 0) is 14.3 Å². The molecule has 0 amide bonds. The van der Waals surface area contributed by atoms with Crippen molar-refractivity contribution in [3.05, 3.63) is 42.3 Å². The first kappa shape index (κ1) is 39.5. The number of aromatic nitrogens is 4. The van der Waals surface area contributed by atoms with E-state index in [2.05, 4.69) is 92.2 Å². The highest BCUT2D eigenvalue weighted by molar-refractivity contribution is 5.73. The maximum Gasteiger partial charge on any atom is 0.307 e. The van der Waals surface area contributed by atoms with Crippen molar-refractivity contribution in [1.82, 2.24) is 19.7 Å². The van der Waals surface area contributed by atoms with Gasteiger partial charge in [0.2, 0.25) is 0 Å². The number of hydrogen-bond acceptors (Lipinski definition) is 7. The van der Waals surface area contributed by atoms with E-state index in [9.17, 15) is 9.90 Å². The number of aliphatic carboxylic acids is 1. The average Bonchev–Trinajstić information content (AvgIpc) is 3.57. The van der Waals surface area contributed by atoms with Crippen molar-refractivity contribution in [2.24, 2.45) is 67.8 Å². The van der Waals surface area contributed by atoms with Crippen LogP contribution in [0, 0.1) is 67.9 Å². The van der Waals surface area contributed by atoms with Crippen LogP contribution < -0.4 is 5.73 Å². The van der Waals surface area contributed by atoms with Crippen molar-refractivity contribution >= 4 is 5.97 Å². The van der Waals surface area contributed by atoms with Gasteiger partial charge in [0.15, 0.2) is 11.6 Å². The number of carboxylic acid groups (broad SMARTS) is 1. The third-order valence-electron chi connectivity index (χ3n) is 17.2. The van der Waals surface area contributed by atoms with Crippen LogP contribution in [0.15, 0.2) is 36.4 Å². The Morgan fingerprint density at radius 1 is 1.11 bits per heavy atom. The Bertz CT molecular complexity index is 1800. The zero-order valence-electron chi connectivity index (χ0n) is 34.7. The topological polar surface area (TPSA) is 125 Å². The Morgan fingerprint density at radius 2 is 1.83 bits per heavy atom. The van der Waals surface area contributed by atoms with E-state index < -0.39 is 40.2 Å². The zero-order valence-corrected chi connectivity index (χ0v) is 34.7. The molecule has 0 aromatic carbocycles. The van der Waals surface area contributed by atoms with Gasteiger partial charge in [-0.05, 0) is 102 Å². The van der Waals surface area contributed by atoms with E-state index in [1.165, 1.54) is 18.1 Å². The molecule has 5 aliphatic rings. The number of ether oxygens (including phenoxy) is 2. The molecule has 2 aromatic rings. The summed E-state index contributed by atoms with van der Waals surface area (Å²) in [6, 6.07) is 1.38. The van der Waals surface area contributed by atoms with E-state index in [0.717, 1.165) is 32.1 Å². The van der Waals surface area contributed by atoms with Crippen LogP contribution in [0.3, 0.4) is 0 Å². The highest BCUT2D eigenvalue weighted by atomic mass is 19.1. The van der Waals surface area contributed by atoms with Crippen molar-refractivity contribution in [1.29, 1.82) is 0 Å². The third-order valence-corrected chi connectivity index (χ3v) is 17.2. The summed E-state index contributed by atoms with van der Waals surface area (Å²) >= 11 is 0. The van der Waals surface area contributed by atoms with Gasteiger partial charge in [0, 0.05) is 17.2 Å². The van der Waals surface area contributed by atoms with Crippen LogP contribution >= 0.6 is 0 Å². The standard InChI is InChI=1S/C44H66FN5O4/c1-26(2)27(3)40(8)17-18-41(9)29-12-13-33-39(7)20-32(50-36(48-25-49-50)28-15-19-47-21-31(28)45)35(54-23-43(11,46)38(4,5)6)44(33,24-53-22-39)30(29)14-16-42(41,10)34(40)37(51)52/h14-15,19,21,25-27,29,32-35H,12-13,16-18,20,22-24,46H2,1-11H3,(H,51,52)/t27-,29+,32-,33-,34-,35+,39-,40-,41-,42+,43+,44+/m1/s1. The van der Waals surface area contributed by atoms with Crippen LogP contribution in [0.5, 0.6) is 0 Å². The van der Waals surface area contributed by atoms with Gasteiger partial charge in [-0.3, -0.25) is 9.78 Å². The summed E-state index contributed by atoms with van der Waals surface area (Å²) < 4.78 is 31.5. The molecule has 9 nitrogen and oxygen atoms in total. The highest BCUT2D eigenvalue weighted by Crippen LogP contribution is 2.75. The maximum atomic E-state index is 15.4. The lowest BCUT2D eigenvalue weighted by Gasteiger charge is -2.71. The smallest absolute Gasteiger partial charge is 0.307 e. The molecule has 0 spiro atoms. The fourth-order valence-electron chi connectivity index (χ4n) is 12.8. The summed E-state index contributed by atoms with van der Waals surface area (Å²) in [5.41, 5.74) is 6.15.